The van der Waals surface area contributed by atoms with E-state index in [1.165, 1.54) is 0 Å². The van der Waals surface area contributed by atoms with Crippen molar-refractivity contribution >= 4 is 27.5 Å². The summed E-state index contributed by atoms with van der Waals surface area (Å²) in [5.41, 5.74) is 0.734. The summed E-state index contributed by atoms with van der Waals surface area (Å²) in [6, 6.07) is 7.89. The van der Waals surface area contributed by atoms with Crippen LogP contribution in [0.3, 0.4) is 0 Å². The highest BCUT2D eigenvalue weighted by molar-refractivity contribution is 9.10. The van der Waals surface area contributed by atoms with E-state index in [9.17, 15) is 4.79 Å². The Labute approximate surface area is 114 Å². The van der Waals surface area contributed by atoms with Crippen molar-refractivity contribution in [3.63, 3.8) is 0 Å². The van der Waals surface area contributed by atoms with Crippen LogP contribution >= 0.6 is 15.9 Å². The third kappa shape index (κ3) is 1.96. The van der Waals surface area contributed by atoms with Gasteiger partial charge in [0.15, 0.2) is 0 Å². The van der Waals surface area contributed by atoms with Gasteiger partial charge in [-0.3, -0.25) is 4.79 Å². The number of nitrogens with one attached hydrogen (secondary N) is 1. The summed E-state index contributed by atoms with van der Waals surface area (Å²) in [6.45, 7) is 2.51. The van der Waals surface area contributed by atoms with E-state index < -0.39 is 0 Å². The lowest BCUT2D eigenvalue weighted by Gasteiger charge is -2.43. The molecule has 3 rings (SSSR count). The molecule has 1 spiro atoms. The number of morpholine rings is 1. The molecule has 1 aromatic rings. The van der Waals surface area contributed by atoms with Gasteiger partial charge in [0.2, 0.25) is 0 Å². The van der Waals surface area contributed by atoms with Crippen molar-refractivity contribution in [2.75, 3.05) is 31.2 Å². The molecule has 0 aromatic heterocycles. The molecule has 2 aliphatic rings. The number of carbonyl (C=O) groups is 1. The summed E-state index contributed by atoms with van der Waals surface area (Å²) in [5, 5.41) is 3.33. The van der Waals surface area contributed by atoms with Gasteiger partial charge in [-0.2, -0.15) is 0 Å². The highest BCUT2D eigenvalue weighted by Crippen LogP contribution is 2.33. The van der Waals surface area contributed by atoms with Gasteiger partial charge in [-0.15, -0.1) is 0 Å². The van der Waals surface area contributed by atoms with Crippen LogP contribution in [0.5, 0.6) is 0 Å². The van der Waals surface area contributed by atoms with Gasteiger partial charge >= 0.3 is 0 Å². The Bertz CT molecular complexity index is 472. The molecule has 1 atom stereocenters. The van der Waals surface area contributed by atoms with Crippen molar-refractivity contribution in [1.29, 1.82) is 0 Å². The van der Waals surface area contributed by atoms with Crippen molar-refractivity contribution in [2.45, 2.75) is 12.0 Å². The van der Waals surface area contributed by atoms with Gasteiger partial charge in [0.25, 0.3) is 5.91 Å². The first kappa shape index (κ1) is 12.1. The first-order valence-corrected chi connectivity index (χ1v) is 6.88. The SMILES string of the molecule is O=C1COCC2(CCNC2)N1c1cccc(Br)c1. The predicted molar refractivity (Wildman–Crippen MR) is 72.7 cm³/mol. The van der Waals surface area contributed by atoms with Crippen LogP contribution in [0, 0.1) is 0 Å². The van der Waals surface area contributed by atoms with Crippen molar-refractivity contribution in [2.24, 2.45) is 0 Å². The molecule has 1 aromatic carbocycles. The van der Waals surface area contributed by atoms with E-state index in [2.05, 4.69) is 21.2 Å². The Morgan fingerprint density at radius 1 is 1.44 bits per heavy atom. The van der Waals surface area contributed by atoms with E-state index in [0.29, 0.717) is 6.61 Å². The maximum absolute atomic E-state index is 12.2. The normalized spacial score (nSPS) is 28.1. The van der Waals surface area contributed by atoms with Crippen LogP contribution in [0.1, 0.15) is 6.42 Å². The number of anilines is 1. The van der Waals surface area contributed by atoms with E-state index in [1.54, 1.807) is 0 Å². The molecule has 1 amide bonds. The number of hydrogen-bond acceptors (Lipinski definition) is 3. The molecule has 2 aliphatic heterocycles. The van der Waals surface area contributed by atoms with E-state index in [1.807, 2.05) is 29.2 Å². The number of benzene rings is 1. The number of ether oxygens (including phenoxy) is 1. The lowest BCUT2D eigenvalue weighted by Crippen LogP contribution is -2.61. The number of halogens is 1. The number of carbonyl (C=O) groups excluding carboxylic acids is 1. The van der Waals surface area contributed by atoms with Crippen LogP contribution in [-0.2, 0) is 9.53 Å². The Balaban J connectivity index is 2.02. The van der Waals surface area contributed by atoms with E-state index >= 15 is 0 Å². The summed E-state index contributed by atoms with van der Waals surface area (Å²) in [5.74, 6) is 0.0445. The molecule has 0 saturated carbocycles. The number of nitrogens with zero attached hydrogens (tertiary/aromatic N) is 1. The molecular formula is C13H15BrN2O2. The van der Waals surface area contributed by atoms with E-state index in [-0.39, 0.29) is 18.1 Å². The monoisotopic (exact) mass is 310 g/mol. The quantitative estimate of drug-likeness (QED) is 0.855. The van der Waals surface area contributed by atoms with E-state index in [4.69, 9.17) is 4.74 Å². The van der Waals surface area contributed by atoms with Gasteiger partial charge in [-0.05, 0) is 31.2 Å². The van der Waals surface area contributed by atoms with Crippen molar-refractivity contribution in [3.05, 3.63) is 28.7 Å². The fourth-order valence-electron chi connectivity index (χ4n) is 2.80. The smallest absolute Gasteiger partial charge is 0.253 e. The van der Waals surface area contributed by atoms with Crippen molar-refractivity contribution < 1.29 is 9.53 Å². The second-order valence-corrected chi connectivity index (χ2v) is 5.77. The average Bonchev–Trinajstić information content (AvgIpc) is 2.78. The van der Waals surface area contributed by atoms with Gasteiger partial charge in [0.05, 0.1) is 12.1 Å². The average molecular weight is 311 g/mol. The zero-order chi connectivity index (χ0) is 12.6. The molecule has 5 heteroatoms. The minimum absolute atomic E-state index is 0.0445. The third-order valence-electron chi connectivity index (χ3n) is 3.61. The van der Waals surface area contributed by atoms with Gasteiger partial charge in [0.1, 0.15) is 6.61 Å². The molecule has 2 heterocycles. The van der Waals surface area contributed by atoms with Crippen LogP contribution in [0.25, 0.3) is 0 Å². The zero-order valence-corrected chi connectivity index (χ0v) is 11.6. The van der Waals surface area contributed by atoms with E-state index in [0.717, 1.165) is 29.7 Å². The first-order chi connectivity index (χ1) is 8.71. The van der Waals surface area contributed by atoms with Gasteiger partial charge in [0, 0.05) is 16.7 Å². The summed E-state index contributed by atoms with van der Waals surface area (Å²) >= 11 is 3.46. The molecule has 4 nitrogen and oxygen atoms in total. The minimum atomic E-state index is -0.212. The van der Waals surface area contributed by atoms with Gasteiger partial charge in [-0.1, -0.05) is 22.0 Å². The molecule has 96 valence electrons. The fraction of sp³-hybridized carbons (Fsp3) is 0.462. The molecule has 1 N–H and O–H groups in total. The predicted octanol–water partition coefficient (Wildman–Crippen LogP) is 1.54. The Morgan fingerprint density at radius 3 is 3.06 bits per heavy atom. The highest BCUT2D eigenvalue weighted by atomic mass is 79.9. The molecule has 0 aliphatic carbocycles. The molecule has 18 heavy (non-hydrogen) atoms. The molecule has 0 bridgehead atoms. The number of amides is 1. The van der Waals surface area contributed by atoms with Gasteiger partial charge in [-0.25, -0.2) is 0 Å². The third-order valence-corrected chi connectivity index (χ3v) is 4.10. The summed E-state index contributed by atoms with van der Waals surface area (Å²) in [6.07, 6.45) is 0.936. The summed E-state index contributed by atoms with van der Waals surface area (Å²) in [7, 11) is 0. The molecule has 2 fully saturated rings. The molecule has 1 unspecified atom stereocenters. The largest absolute Gasteiger partial charge is 0.369 e. The topological polar surface area (TPSA) is 41.6 Å². The minimum Gasteiger partial charge on any atom is -0.369 e. The second-order valence-electron chi connectivity index (χ2n) is 4.85. The first-order valence-electron chi connectivity index (χ1n) is 6.08. The summed E-state index contributed by atoms with van der Waals surface area (Å²) < 4.78 is 6.45. The van der Waals surface area contributed by atoms with Crippen LogP contribution in [0.2, 0.25) is 0 Å². The Morgan fingerprint density at radius 2 is 2.33 bits per heavy atom. The lowest BCUT2D eigenvalue weighted by atomic mass is 9.94. The fourth-order valence-corrected chi connectivity index (χ4v) is 3.19. The standard InChI is InChI=1S/C13H15BrN2O2/c14-10-2-1-3-11(6-10)16-12(17)7-18-9-13(16)4-5-15-8-13/h1-3,6,15H,4-5,7-9H2. The Kier molecular flexibility index (Phi) is 3.13. The highest BCUT2D eigenvalue weighted by Gasteiger charge is 2.46. The van der Waals surface area contributed by atoms with Crippen molar-refractivity contribution in [3.8, 4) is 0 Å². The van der Waals surface area contributed by atoms with Crippen molar-refractivity contribution in [1.82, 2.24) is 5.32 Å². The number of rotatable bonds is 1. The maximum Gasteiger partial charge on any atom is 0.253 e. The molecular weight excluding hydrogens is 296 g/mol. The Hall–Kier alpha value is -0.910. The maximum atomic E-state index is 12.2. The summed E-state index contributed by atoms with van der Waals surface area (Å²) in [4.78, 5) is 14.1. The second kappa shape index (κ2) is 4.64. The zero-order valence-electron chi connectivity index (χ0n) is 9.99. The van der Waals surface area contributed by atoms with Crippen LogP contribution in [0.4, 0.5) is 5.69 Å². The molecule has 2 saturated heterocycles. The van der Waals surface area contributed by atoms with Gasteiger partial charge < -0.3 is 15.0 Å². The lowest BCUT2D eigenvalue weighted by molar-refractivity contribution is -0.129. The van der Waals surface area contributed by atoms with Crippen LogP contribution < -0.4 is 10.2 Å². The molecule has 0 radical (unpaired) electrons. The van der Waals surface area contributed by atoms with Crippen LogP contribution in [-0.4, -0.2) is 37.7 Å². The van der Waals surface area contributed by atoms with Crippen LogP contribution in [0.15, 0.2) is 28.7 Å². The number of hydrogen-bond donors (Lipinski definition) is 1.